The summed E-state index contributed by atoms with van der Waals surface area (Å²) in [6.07, 6.45) is 5.38. The van der Waals surface area contributed by atoms with Gasteiger partial charge < -0.3 is 9.34 Å². The highest BCUT2D eigenvalue weighted by Crippen LogP contribution is 2.33. The van der Waals surface area contributed by atoms with Gasteiger partial charge in [-0.1, -0.05) is 40.0 Å². The van der Waals surface area contributed by atoms with E-state index in [0.29, 0.717) is 5.39 Å². The van der Waals surface area contributed by atoms with Crippen LogP contribution in [0.3, 0.4) is 0 Å². The van der Waals surface area contributed by atoms with Crippen molar-refractivity contribution in [3.8, 4) is 0 Å². The fraction of sp³-hybridized carbons (Fsp3) is 0.500. The number of hydrogen-bond donors (Lipinski definition) is 1. The van der Waals surface area contributed by atoms with Crippen molar-refractivity contribution in [2.45, 2.75) is 58.2 Å². The van der Waals surface area contributed by atoms with E-state index in [1.54, 1.807) is 12.1 Å². The lowest BCUT2D eigenvalue weighted by Crippen LogP contribution is -2.42. The van der Waals surface area contributed by atoms with Crippen LogP contribution in [0.5, 0.6) is 0 Å². The Morgan fingerprint density at radius 3 is 2.13 bits per heavy atom. The second-order valence-electron chi connectivity index (χ2n) is 6.32. The highest BCUT2D eigenvalue weighted by atomic mass is 28.3. The van der Waals surface area contributed by atoms with Gasteiger partial charge in [0.05, 0.1) is 0 Å². The zero-order valence-corrected chi connectivity index (χ0v) is 15.2. The Bertz CT molecular complexity index is 679. The van der Waals surface area contributed by atoms with Crippen molar-refractivity contribution < 1.29 is 14.3 Å². The standard InChI is InChI=1S/C18H26FNO2Si/c1-4-11-23(12-5-2,13-6-3)20-10-9-14-16(20)8-7-15(19)17(14)18(21)22/h7-10H,4-6,11-13H2,1-3H3,(H,21,22). The predicted octanol–water partition coefficient (Wildman–Crippen LogP) is 5.50. The van der Waals surface area contributed by atoms with Crippen LogP contribution < -0.4 is 0 Å². The molecule has 0 fully saturated rings. The molecule has 2 rings (SSSR count). The van der Waals surface area contributed by atoms with Crippen LogP contribution in [0, 0.1) is 5.82 Å². The maximum absolute atomic E-state index is 13.9. The van der Waals surface area contributed by atoms with Crippen molar-refractivity contribution in [1.82, 2.24) is 4.23 Å². The summed E-state index contributed by atoms with van der Waals surface area (Å²) in [7, 11) is -1.76. The molecular formula is C18H26FNO2Si. The molecule has 0 aliphatic carbocycles. The number of carbonyl (C=O) groups is 1. The largest absolute Gasteiger partial charge is 0.478 e. The Labute approximate surface area is 138 Å². The quantitative estimate of drug-likeness (QED) is 0.647. The Kier molecular flexibility index (Phi) is 5.63. The van der Waals surface area contributed by atoms with Gasteiger partial charge in [-0.2, -0.15) is 0 Å². The van der Waals surface area contributed by atoms with Gasteiger partial charge >= 0.3 is 5.97 Å². The van der Waals surface area contributed by atoms with Crippen LogP contribution in [-0.4, -0.2) is 23.5 Å². The Hall–Kier alpha value is -1.62. The molecule has 0 amide bonds. The average Bonchev–Trinajstić information content (AvgIpc) is 2.91. The third kappa shape index (κ3) is 3.20. The lowest BCUT2D eigenvalue weighted by Gasteiger charge is -2.34. The van der Waals surface area contributed by atoms with Crippen LogP contribution in [0.4, 0.5) is 4.39 Å². The first-order valence-corrected chi connectivity index (χ1v) is 11.1. The van der Waals surface area contributed by atoms with Gasteiger partial charge in [0.25, 0.3) is 0 Å². The summed E-state index contributed by atoms with van der Waals surface area (Å²) in [5.41, 5.74) is 0.680. The minimum Gasteiger partial charge on any atom is -0.478 e. The molecule has 0 unspecified atom stereocenters. The fourth-order valence-corrected chi connectivity index (χ4v) is 9.32. The molecule has 3 nitrogen and oxygen atoms in total. The Morgan fingerprint density at radius 1 is 1.09 bits per heavy atom. The van der Waals surface area contributed by atoms with Crippen LogP contribution in [0.1, 0.15) is 50.4 Å². The molecule has 23 heavy (non-hydrogen) atoms. The van der Waals surface area contributed by atoms with Crippen molar-refractivity contribution in [3.05, 3.63) is 35.8 Å². The van der Waals surface area contributed by atoms with E-state index in [1.807, 2.05) is 6.20 Å². The lowest BCUT2D eigenvalue weighted by molar-refractivity contribution is 0.0694. The molecule has 1 heterocycles. The Morgan fingerprint density at radius 2 is 1.65 bits per heavy atom. The molecule has 1 aromatic carbocycles. The van der Waals surface area contributed by atoms with Crippen molar-refractivity contribution in [1.29, 1.82) is 0 Å². The van der Waals surface area contributed by atoms with Gasteiger partial charge in [0.1, 0.15) is 11.4 Å². The summed E-state index contributed by atoms with van der Waals surface area (Å²) in [5.74, 6) is -1.85. The topological polar surface area (TPSA) is 42.2 Å². The second-order valence-corrected chi connectivity index (χ2v) is 10.8. The molecule has 1 N–H and O–H groups in total. The van der Waals surface area contributed by atoms with E-state index in [-0.39, 0.29) is 5.56 Å². The zero-order chi connectivity index (χ0) is 17.0. The summed E-state index contributed by atoms with van der Waals surface area (Å²) in [4.78, 5) is 11.4. The molecule has 1 aromatic heterocycles. The number of rotatable bonds is 8. The molecule has 0 saturated carbocycles. The number of hydrogen-bond acceptors (Lipinski definition) is 1. The van der Waals surface area contributed by atoms with Crippen LogP contribution in [0.25, 0.3) is 10.9 Å². The van der Waals surface area contributed by atoms with Crippen LogP contribution in [-0.2, 0) is 0 Å². The molecule has 0 atom stereocenters. The third-order valence-electron chi connectivity index (χ3n) is 4.69. The number of aromatic nitrogens is 1. The van der Waals surface area contributed by atoms with E-state index in [4.69, 9.17) is 0 Å². The molecule has 0 saturated heterocycles. The average molecular weight is 335 g/mol. The maximum Gasteiger partial charge on any atom is 0.339 e. The van der Waals surface area contributed by atoms with E-state index in [0.717, 1.165) is 24.8 Å². The summed E-state index contributed by atoms with van der Waals surface area (Å²) in [5, 5.41) is 9.87. The van der Waals surface area contributed by atoms with Gasteiger partial charge in [-0.25, -0.2) is 9.18 Å². The predicted molar refractivity (Wildman–Crippen MR) is 95.3 cm³/mol. The summed E-state index contributed by atoms with van der Waals surface area (Å²) >= 11 is 0. The van der Waals surface area contributed by atoms with Crippen molar-refractivity contribution >= 4 is 25.1 Å². The number of fused-ring (bicyclic) bond motifs is 1. The number of carboxylic acid groups (broad SMARTS) is 1. The number of aromatic carboxylic acids is 1. The fourth-order valence-electron chi connectivity index (χ4n) is 3.95. The molecule has 0 aliphatic rings. The molecule has 0 aliphatic heterocycles. The first kappa shape index (κ1) is 17.7. The van der Waals surface area contributed by atoms with Gasteiger partial charge in [-0.3, -0.25) is 0 Å². The number of benzene rings is 1. The van der Waals surface area contributed by atoms with Crippen molar-refractivity contribution in [2.24, 2.45) is 0 Å². The Balaban J connectivity index is 2.69. The van der Waals surface area contributed by atoms with E-state index < -0.39 is 20.0 Å². The first-order valence-electron chi connectivity index (χ1n) is 8.54. The van der Waals surface area contributed by atoms with Gasteiger partial charge in [-0.15, -0.1) is 0 Å². The molecular weight excluding hydrogens is 309 g/mol. The molecule has 2 aromatic rings. The van der Waals surface area contributed by atoms with Crippen LogP contribution in [0.15, 0.2) is 24.4 Å². The van der Waals surface area contributed by atoms with Crippen LogP contribution >= 0.6 is 0 Å². The van der Waals surface area contributed by atoms with E-state index in [1.165, 1.54) is 24.2 Å². The highest BCUT2D eigenvalue weighted by Gasteiger charge is 2.34. The molecule has 126 valence electrons. The zero-order valence-electron chi connectivity index (χ0n) is 14.2. The van der Waals surface area contributed by atoms with Crippen molar-refractivity contribution in [2.75, 3.05) is 0 Å². The minimum absolute atomic E-state index is 0.200. The lowest BCUT2D eigenvalue weighted by atomic mass is 10.1. The van der Waals surface area contributed by atoms with E-state index in [2.05, 4.69) is 25.0 Å². The minimum atomic E-state index is -1.76. The van der Waals surface area contributed by atoms with Crippen molar-refractivity contribution in [3.63, 3.8) is 0 Å². The van der Waals surface area contributed by atoms with E-state index in [9.17, 15) is 14.3 Å². The van der Waals surface area contributed by atoms with Crippen LogP contribution in [0.2, 0.25) is 18.1 Å². The third-order valence-corrected chi connectivity index (χ3v) is 10.4. The molecule has 5 heteroatoms. The highest BCUT2D eigenvalue weighted by molar-refractivity contribution is 6.79. The number of carboxylic acids is 1. The molecule has 0 spiro atoms. The van der Waals surface area contributed by atoms with Gasteiger partial charge in [0.2, 0.25) is 0 Å². The van der Waals surface area contributed by atoms with Gasteiger partial charge in [-0.05, 0) is 42.5 Å². The normalized spacial score (nSPS) is 12.0. The summed E-state index contributed by atoms with van der Waals surface area (Å²) in [6.45, 7) is 6.63. The summed E-state index contributed by atoms with van der Waals surface area (Å²) in [6, 6.07) is 8.37. The molecule has 0 radical (unpaired) electrons. The smallest absolute Gasteiger partial charge is 0.339 e. The first-order chi connectivity index (χ1) is 11.0. The SMILES string of the molecule is CCC[Si](CCC)(CCC)n1ccc2c(C(=O)O)c(F)ccc21. The number of halogens is 1. The molecule has 0 bridgehead atoms. The van der Waals surface area contributed by atoms with Gasteiger partial charge in [0, 0.05) is 10.9 Å². The maximum atomic E-state index is 13.9. The summed E-state index contributed by atoms with van der Waals surface area (Å²) < 4.78 is 16.3. The number of nitrogens with zero attached hydrogens (tertiary/aromatic N) is 1. The monoisotopic (exact) mass is 335 g/mol. The van der Waals surface area contributed by atoms with E-state index >= 15 is 0 Å². The second kappa shape index (κ2) is 7.30. The van der Waals surface area contributed by atoms with Gasteiger partial charge in [0.15, 0.2) is 8.24 Å².